The number of nitrogens with one attached hydrogen (secondary N) is 2. The molecule has 182 valence electrons. The van der Waals surface area contributed by atoms with E-state index < -0.39 is 23.7 Å². The SMILES string of the molecule is O=C(O)CCNC(=O)[C@H](Cc1ccccc1)[C@@H](Cc1ccccc1)C(=O)NOCc1ccccc1. The number of carbonyl (C=O) groups is 3. The fourth-order valence-corrected chi connectivity index (χ4v) is 3.84. The van der Waals surface area contributed by atoms with Gasteiger partial charge < -0.3 is 10.4 Å². The topological polar surface area (TPSA) is 105 Å². The van der Waals surface area contributed by atoms with Crippen molar-refractivity contribution in [1.82, 2.24) is 10.8 Å². The molecule has 0 bridgehead atoms. The maximum Gasteiger partial charge on any atom is 0.305 e. The number of benzene rings is 3. The van der Waals surface area contributed by atoms with Crippen LogP contribution >= 0.6 is 0 Å². The highest BCUT2D eigenvalue weighted by atomic mass is 16.6. The molecule has 0 aliphatic carbocycles. The quantitative estimate of drug-likeness (QED) is 0.329. The Morgan fingerprint density at radius 3 is 1.63 bits per heavy atom. The van der Waals surface area contributed by atoms with Gasteiger partial charge in [0.2, 0.25) is 11.8 Å². The standard InChI is InChI=1S/C28H30N2O5/c31-26(32)16-17-29-27(33)24(18-21-10-4-1-5-11-21)25(19-22-12-6-2-7-13-22)28(34)30-35-20-23-14-8-3-9-15-23/h1-15,24-25H,16-20H2,(H,29,33)(H,30,34)(H,31,32)/t24-,25-/m1/s1. The van der Waals surface area contributed by atoms with Crippen molar-refractivity contribution >= 4 is 17.8 Å². The summed E-state index contributed by atoms with van der Waals surface area (Å²) in [6.45, 7) is 0.183. The van der Waals surface area contributed by atoms with Crippen molar-refractivity contribution in [2.75, 3.05) is 6.54 Å². The maximum absolute atomic E-state index is 13.3. The Balaban J connectivity index is 1.80. The van der Waals surface area contributed by atoms with Crippen LogP contribution in [0.2, 0.25) is 0 Å². The van der Waals surface area contributed by atoms with Crippen molar-refractivity contribution < 1.29 is 24.3 Å². The zero-order valence-electron chi connectivity index (χ0n) is 19.4. The summed E-state index contributed by atoms with van der Waals surface area (Å²) in [7, 11) is 0. The van der Waals surface area contributed by atoms with E-state index in [1.165, 1.54) is 0 Å². The summed E-state index contributed by atoms with van der Waals surface area (Å²) in [5, 5.41) is 11.6. The Morgan fingerprint density at radius 1 is 0.686 bits per heavy atom. The molecule has 3 N–H and O–H groups in total. The maximum atomic E-state index is 13.3. The summed E-state index contributed by atoms with van der Waals surface area (Å²) >= 11 is 0. The molecule has 7 heteroatoms. The van der Waals surface area contributed by atoms with Crippen molar-refractivity contribution in [3.8, 4) is 0 Å². The van der Waals surface area contributed by atoms with Gasteiger partial charge in [-0.15, -0.1) is 0 Å². The normalized spacial score (nSPS) is 12.3. The van der Waals surface area contributed by atoms with E-state index in [2.05, 4.69) is 10.8 Å². The Labute approximate surface area is 205 Å². The third kappa shape index (κ3) is 8.72. The van der Waals surface area contributed by atoms with Crippen LogP contribution in [-0.2, 0) is 38.7 Å². The minimum atomic E-state index is -1.00. The molecule has 2 atom stereocenters. The second-order valence-corrected chi connectivity index (χ2v) is 8.27. The molecule has 0 unspecified atom stereocenters. The van der Waals surface area contributed by atoms with Gasteiger partial charge in [0.1, 0.15) is 0 Å². The fraction of sp³-hybridized carbons (Fsp3) is 0.250. The Morgan fingerprint density at radius 2 is 1.14 bits per heavy atom. The molecule has 0 spiro atoms. The summed E-state index contributed by atoms with van der Waals surface area (Å²) in [5.41, 5.74) is 5.25. The summed E-state index contributed by atoms with van der Waals surface area (Å²) in [6, 6.07) is 28.4. The molecule has 2 amide bonds. The van der Waals surface area contributed by atoms with Crippen LogP contribution in [0.4, 0.5) is 0 Å². The number of carbonyl (C=O) groups excluding carboxylic acids is 2. The van der Waals surface area contributed by atoms with Crippen molar-refractivity contribution in [2.24, 2.45) is 11.8 Å². The lowest BCUT2D eigenvalue weighted by Crippen LogP contribution is -2.44. The number of carboxylic acid groups (broad SMARTS) is 1. The minimum Gasteiger partial charge on any atom is -0.481 e. The number of hydrogen-bond acceptors (Lipinski definition) is 4. The second kappa shape index (κ2) is 13.7. The van der Waals surface area contributed by atoms with Crippen molar-refractivity contribution in [1.29, 1.82) is 0 Å². The molecule has 35 heavy (non-hydrogen) atoms. The van der Waals surface area contributed by atoms with Crippen LogP contribution in [0.25, 0.3) is 0 Å². The van der Waals surface area contributed by atoms with Crippen molar-refractivity contribution in [2.45, 2.75) is 25.9 Å². The molecule has 0 fully saturated rings. The average Bonchev–Trinajstić information content (AvgIpc) is 2.87. The highest BCUT2D eigenvalue weighted by Gasteiger charge is 2.34. The van der Waals surface area contributed by atoms with Gasteiger partial charge in [-0.2, -0.15) is 0 Å². The third-order valence-electron chi connectivity index (χ3n) is 5.65. The Kier molecular flexibility index (Phi) is 10.0. The number of amides is 2. The molecule has 0 radical (unpaired) electrons. The first-order chi connectivity index (χ1) is 17.0. The van der Waals surface area contributed by atoms with Gasteiger partial charge in [-0.3, -0.25) is 19.2 Å². The third-order valence-corrected chi connectivity index (χ3v) is 5.65. The molecule has 0 heterocycles. The van der Waals surface area contributed by atoms with Crippen LogP contribution in [0.15, 0.2) is 91.0 Å². The van der Waals surface area contributed by atoms with Crippen LogP contribution in [0, 0.1) is 11.8 Å². The van der Waals surface area contributed by atoms with Crippen molar-refractivity contribution in [3.63, 3.8) is 0 Å². The van der Waals surface area contributed by atoms with E-state index in [9.17, 15) is 14.4 Å². The number of aliphatic carboxylic acids is 1. The number of hydroxylamine groups is 1. The van der Waals surface area contributed by atoms with E-state index in [4.69, 9.17) is 9.94 Å². The molecular weight excluding hydrogens is 444 g/mol. The smallest absolute Gasteiger partial charge is 0.305 e. The zero-order chi connectivity index (χ0) is 24.9. The molecule has 3 aromatic carbocycles. The van der Waals surface area contributed by atoms with Gasteiger partial charge in [0.05, 0.1) is 24.9 Å². The van der Waals surface area contributed by atoms with Gasteiger partial charge >= 0.3 is 5.97 Å². The lowest BCUT2D eigenvalue weighted by atomic mass is 9.81. The summed E-state index contributed by atoms with van der Waals surface area (Å²) in [5.74, 6) is -3.24. The van der Waals surface area contributed by atoms with Gasteiger partial charge in [-0.25, -0.2) is 5.48 Å². The first-order valence-electron chi connectivity index (χ1n) is 11.6. The van der Waals surface area contributed by atoms with E-state index in [1.54, 1.807) is 0 Å². The summed E-state index contributed by atoms with van der Waals surface area (Å²) in [4.78, 5) is 43.0. The molecule has 3 rings (SSSR count). The summed E-state index contributed by atoms with van der Waals surface area (Å²) < 4.78 is 0. The first-order valence-corrected chi connectivity index (χ1v) is 11.6. The molecule has 0 saturated heterocycles. The number of rotatable bonds is 13. The van der Waals surface area contributed by atoms with Gasteiger partial charge in [0, 0.05) is 6.54 Å². The van der Waals surface area contributed by atoms with E-state index >= 15 is 0 Å². The Hall–Kier alpha value is -3.97. The van der Waals surface area contributed by atoms with Gasteiger partial charge in [0.25, 0.3) is 0 Å². The van der Waals surface area contributed by atoms with E-state index in [1.807, 2.05) is 91.0 Å². The largest absolute Gasteiger partial charge is 0.481 e. The van der Waals surface area contributed by atoms with E-state index in [-0.39, 0.29) is 25.5 Å². The lowest BCUT2D eigenvalue weighted by Gasteiger charge is -2.26. The predicted octanol–water partition coefficient (Wildman–Crippen LogP) is 3.54. The fourth-order valence-electron chi connectivity index (χ4n) is 3.84. The number of hydrogen-bond donors (Lipinski definition) is 3. The van der Waals surface area contributed by atoms with E-state index in [0.29, 0.717) is 12.8 Å². The van der Waals surface area contributed by atoms with Crippen LogP contribution in [-0.4, -0.2) is 29.4 Å². The molecule has 0 aliphatic rings. The molecular formula is C28H30N2O5. The zero-order valence-corrected chi connectivity index (χ0v) is 19.4. The predicted molar refractivity (Wildman–Crippen MR) is 132 cm³/mol. The average molecular weight is 475 g/mol. The monoisotopic (exact) mass is 474 g/mol. The van der Waals surface area contributed by atoms with Crippen LogP contribution in [0.5, 0.6) is 0 Å². The van der Waals surface area contributed by atoms with E-state index in [0.717, 1.165) is 16.7 Å². The molecule has 0 saturated carbocycles. The molecule has 3 aromatic rings. The molecule has 0 aromatic heterocycles. The minimum absolute atomic E-state index is 0.0103. The van der Waals surface area contributed by atoms with Crippen molar-refractivity contribution in [3.05, 3.63) is 108 Å². The Bertz CT molecular complexity index is 1070. The molecule has 0 aliphatic heterocycles. The highest BCUT2D eigenvalue weighted by molar-refractivity contribution is 5.88. The second-order valence-electron chi connectivity index (χ2n) is 8.27. The van der Waals surface area contributed by atoms with Gasteiger partial charge in [-0.1, -0.05) is 91.0 Å². The van der Waals surface area contributed by atoms with Gasteiger partial charge in [0.15, 0.2) is 0 Å². The lowest BCUT2D eigenvalue weighted by molar-refractivity contribution is -0.144. The van der Waals surface area contributed by atoms with Crippen LogP contribution in [0.3, 0.4) is 0 Å². The van der Waals surface area contributed by atoms with Crippen LogP contribution in [0.1, 0.15) is 23.1 Å². The highest BCUT2D eigenvalue weighted by Crippen LogP contribution is 2.23. The van der Waals surface area contributed by atoms with Gasteiger partial charge in [-0.05, 0) is 29.5 Å². The molecule has 7 nitrogen and oxygen atoms in total. The first kappa shape index (κ1) is 25.6. The van der Waals surface area contributed by atoms with Crippen LogP contribution < -0.4 is 10.8 Å². The summed E-state index contributed by atoms with van der Waals surface area (Å²) in [6.07, 6.45) is 0.452. The number of carboxylic acids is 1.